The lowest BCUT2D eigenvalue weighted by Crippen LogP contribution is -2.35. The van der Waals surface area contributed by atoms with Crippen molar-refractivity contribution < 1.29 is 13.5 Å². The second-order valence-corrected chi connectivity index (χ2v) is 7.44. The summed E-state index contributed by atoms with van der Waals surface area (Å²) >= 11 is 0. The maximum atomic E-state index is 12.9. The molecule has 132 valence electrons. The number of hydrogen-bond donors (Lipinski definition) is 2. The van der Waals surface area contributed by atoms with Gasteiger partial charge in [-0.3, -0.25) is 0 Å². The number of aliphatic hydroxyl groups excluding tert-OH is 1. The average Bonchev–Trinajstić information content (AvgIpc) is 2.99. The first kappa shape index (κ1) is 17.3. The van der Waals surface area contributed by atoms with Crippen LogP contribution < -0.4 is 5.73 Å². The van der Waals surface area contributed by atoms with Crippen molar-refractivity contribution in [2.24, 2.45) is 0 Å². The highest BCUT2D eigenvalue weighted by molar-refractivity contribution is 7.89. The second kappa shape index (κ2) is 6.75. The molecule has 3 aromatic rings. The monoisotopic (exact) mass is 362 g/mol. The van der Waals surface area contributed by atoms with Gasteiger partial charge in [-0.05, 0) is 19.1 Å². The van der Waals surface area contributed by atoms with E-state index in [0.717, 1.165) is 9.87 Å². The Kier molecular flexibility index (Phi) is 4.66. The lowest BCUT2D eigenvalue weighted by Gasteiger charge is -2.22. The fraction of sp³-hybridized carbons (Fsp3) is 0.267. The van der Waals surface area contributed by atoms with Gasteiger partial charge >= 0.3 is 0 Å². The minimum absolute atomic E-state index is 0.0519. The minimum atomic E-state index is -3.78. The van der Waals surface area contributed by atoms with Crippen molar-refractivity contribution in [2.75, 3.05) is 18.9 Å². The van der Waals surface area contributed by atoms with Crippen molar-refractivity contribution in [3.05, 3.63) is 42.5 Å². The molecular formula is C15H18N6O3S. The number of aromatic nitrogens is 4. The van der Waals surface area contributed by atoms with Gasteiger partial charge in [0.05, 0.1) is 24.5 Å². The SMILES string of the molecule is Cc1ccc(S(=O)(=O)N(CCO)Cn2cnc3c(N)ncnc32)cc1. The first-order chi connectivity index (χ1) is 11.9. The minimum Gasteiger partial charge on any atom is -0.395 e. The third kappa shape index (κ3) is 3.31. The smallest absolute Gasteiger partial charge is 0.244 e. The number of anilines is 1. The summed E-state index contributed by atoms with van der Waals surface area (Å²) in [4.78, 5) is 12.3. The summed E-state index contributed by atoms with van der Waals surface area (Å²) in [5.74, 6) is 0.221. The lowest BCUT2D eigenvalue weighted by molar-refractivity contribution is 0.236. The highest BCUT2D eigenvalue weighted by Gasteiger charge is 2.25. The van der Waals surface area contributed by atoms with Gasteiger partial charge in [0.1, 0.15) is 11.8 Å². The van der Waals surface area contributed by atoms with Gasteiger partial charge in [0.2, 0.25) is 10.0 Å². The van der Waals surface area contributed by atoms with E-state index in [1.165, 1.54) is 12.7 Å². The normalized spacial score (nSPS) is 12.1. The van der Waals surface area contributed by atoms with Crippen LogP contribution >= 0.6 is 0 Å². The molecule has 3 N–H and O–H groups in total. The van der Waals surface area contributed by atoms with E-state index in [2.05, 4.69) is 15.0 Å². The van der Waals surface area contributed by atoms with Crippen LogP contribution in [0.2, 0.25) is 0 Å². The van der Waals surface area contributed by atoms with Gasteiger partial charge in [-0.25, -0.2) is 23.4 Å². The van der Waals surface area contributed by atoms with Crippen LogP contribution in [0.3, 0.4) is 0 Å². The van der Waals surface area contributed by atoms with Crippen molar-refractivity contribution in [1.29, 1.82) is 0 Å². The Morgan fingerprint density at radius 2 is 1.92 bits per heavy atom. The Morgan fingerprint density at radius 3 is 2.60 bits per heavy atom. The van der Waals surface area contributed by atoms with E-state index in [1.54, 1.807) is 28.8 Å². The number of aliphatic hydroxyl groups is 1. The number of nitrogens with zero attached hydrogens (tertiary/aromatic N) is 5. The molecule has 25 heavy (non-hydrogen) atoms. The molecule has 0 aliphatic carbocycles. The molecule has 0 radical (unpaired) electrons. The zero-order valence-electron chi connectivity index (χ0n) is 13.6. The van der Waals surface area contributed by atoms with E-state index in [1.807, 2.05) is 6.92 Å². The topological polar surface area (TPSA) is 127 Å². The van der Waals surface area contributed by atoms with Gasteiger partial charge in [0, 0.05) is 6.54 Å². The Bertz CT molecular complexity index is 984. The molecule has 2 heterocycles. The van der Waals surface area contributed by atoms with Crippen LogP contribution in [-0.4, -0.2) is 50.5 Å². The molecule has 3 rings (SSSR count). The maximum Gasteiger partial charge on any atom is 0.244 e. The van der Waals surface area contributed by atoms with Crippen LogP contribution in [0.5, 0.6) is 0 Å². The number of hydrogen-bond acceptors (Lipinski definition) is 7. The number of sulfonamides is 1. The zero-order valence-corrected chi connectivity index (χ0v) is 14.4. The average molecular weight is 362 g/mol. The summed E-state index contributed by atoms with van der Waals surface area (Å²) in [5, 5.41) is 9.30. The largest absolute Gasteiger partial charge is 0.395 e. The number of aryl methyl sites for hydroxylation is 1. The summed E-state index contributed by atoms with van der Waals surface area (Å²) in [5.41, 5.74) is 7.54. The van der Waals surface area contributed by atoms with Crippen LogP contribution in [0.4, 0.5) is 5.82 Å². The second-order valence-electron chi connectivity index (χ2n) is 5.50. The first-order valence-electron chi connectivity index (χ1n) is 7.52. The molecular weight excluding hydrogens is 344 g/mol. The van der Waals surface area contributed by atoms with Crippen molar-refractivity contribution in [3.8, 4) is 0 Å². The summed E-state index contributed by atoms with van der Waals surface area (Å²) in [7, 11) is -3.78. The van der Waals surface area contributed by atoms with Crippen molar-refractivity contribution in [1.82, 2.24) is 23.8 Å². The molecule has 9 nitrogen and oxygen atoms in total. The molecule has 0 spiro atoms. The lowest BCUT2D eigenvalue weighted by atomic mass is 10.2. The predicted molar refractivity (Wildman–Crippen MR) is 91.9 cm³/mol. The van der Waals surface area contributed by atoms with Crippen LogP contribution in [0.25, 0.3) is 11.2 Å². The molecule has 2 aromatic heterocycles. The van der Waals surface area contributed by atoms with Gasteiger partial charge in [-0.2, -0.15) is 4.31 Å². The summed E-state index contributed by atoms with van der Waals surface area (Å²) in [6.45, 7) is 1.46. The van der Waals surface area contributed by atoms with Crippen LogP contribution in [0.1, 0.15) is 5.56 Å². The molecule has 0 amide bonds. The fourth-order valence-corrected chi connectivity index (χ4v) is 3.79. The Labute approximate surface area is 144 Å². The highest BCUT2D eigenvalue weighted by Crippen LogP contribution is 2.19. The van der Waals surface area contributed by atoms with Crippen LogP contribution in [0, 0.1) is 6.92 Å². The molecule has 0 aliphatic heterocycles. The summed E-state index contributed by atoms with van der Waals surface area (Å²) in [6.07, 6.45) is 2.74. The molecule has 1 aromatic carbocycles. The van der Waals surface area contributed by atoms with Crippen LogP contribution in [0.15, 0.2) is 41.8 Å². The third-order valence-corrected chi connectivity index (χ3v) is 5.59. The van der Waals surface area contributed by atoms with Crippen molar-refractivity contribution in [3.63, 3.8) is 0 Å². The first-order valence-corrected chi connectivity index (χ1v) is 8.96. The fourth-order valence-electron chi connectivity index (χ4n) is 2.41. The van der Waals surface area contributed by atoms with E-state index >= 15 is 0 Å². The molecule has 0 atom stereocenters. The number of rotatable bonds is 6. The number of benzene rings is 1. The standard InChI is InChI=1S/C15H18N6O3S/c1-11-2-4-12(5-3-11)25(23,24)21(6-7-22)10-20-9-19-13-14(16)17-8-18-15(13)20/h2-5,8-9,22H,6-7,10H2,1H3,(H2,16,17,18). The van der Waals surface area contributed by atoms with E-state index in [4.69, 9.17) is 5.73 Å². The third-order valence-electron chi connectivity index (χ3n) is 3.75. The van der Waals surface area contributed by atoms with E-state index < -0.39 is 10.0 Å². The van der Waals surface area contributed by atoms with Gasteiger partial charge < -0.3 is 15.4 Å². The van der Waals surface area contributed by atoms with E-state index in [9.17, 15) is 13.5 Å². The van der Waals surface area contributed by atoms with Crippen molar-refractivity contribution in [2.45, 2.75) is 18.5 Å². The number of nitrogens with two attached hydrogens (primary N) is 1. The van der Waals surface area contributed by atoms with Gasteiger partial charge in [-0.1, -0.05) is 17.7 Å². The van der Waals surface area contributed by atoms with Crippen LogP contribution in [-0.2, 0) is 16.7 Å². The summed E-state index contributed by atoms with van der Waals surface area (Å²) in [6, 6.07) is 6.54. The number of imidazole rings is 1. The summed E-state index contributed by atoms with van der Waals surface area (Å²) < 4.78 is 28.5. The molecule has 10 heteroatoms. The van der Waals surface area contributed by atoms with Crippen molar-refractivity contribution >= 4 is 27.0 Å². The highest BCUT2D eigenvalue weighted by atomic mass is 32.2. The maximum absolute atomic E-state index is 12.9. The van der Waals surface area contributed by atoms with E-state index in [0.29, 0.717) is 11.2 Å². The molecule has 0 aliphatic rings. The molecule has 0 bridgehead atoms. The Balaban J connectivity index is 1.98. The number of nitrogen functional groups attached to an aromatic ring is 1. The zero-order chi connectivity index (χ0) is 18.0. The van der Waals surface area contributed by atoms with Gasteiger partial charge in [0.25, 0.3) is 0 Å². The molecule has 0 fully saturated rings. The Morgan fingerprint density at radius 1 is 1.20 bits per heavy atom. The Hall–Kier alpha value is -2.56. The van der Waals surface area contributed by atoms with Gasteiger partial charge in [0.15, 0.2) is 11.5 Å². The number of fused-ring (bicyclic) bond motifs is 1. The van der Waals surface area contributed by atoms with Gasteiger partial charge in [-0.15, -0.1) is 0 Å². The molecule has 0 saturated carbocycles. The molecule has 0 unspecified atom stereocenters. The molecule has 0 saturated heterocycles. The van der Waals surface area contributed by atoms with E-state index in [-0.39, 0.29) is 30.5 Å². The quantitative estimate of drug-likeness (QED) is 0.648. The predicted octanol–water partition coefficient (Wildman–Crippen LogP) is 0.358.